The fourth-order valence-corrected chi connectivity index (χ4v) is 4.38. The van der Waals surface area contributed by atoms with Crippen LogP contribution >= 0.6 is 0 Å². The number of hydrogen-bond acceptors (Lipinski definition) is 9. The predicted octanol–water partition coefficient (Wildman–Crippen LogP) is 3.33. The number of hydrogen-bond donors (Lipinski definition) is 1. The van der Waals surface area contributed by atoms with Crippen LogP contribution in [0.2, 0.25) is 0 Å². The Hall–Kier alpha value is -3.66. The van der Waals surface area contributed by atoms with E-state index in [0.29, 0.717) is 29.3 Å². The Morgan fingerprint density at radius 1 is 1.23 bits per heavy atom. The molecule has 4 heterocycles. The molecule has 0 bridgehead atoms. The number of nitrogens with one attached hydrogen (secondary N) is 1. The number of anilines is 1. The van der Waals surface area contributed by atoms with Gasteiger partial charge < -0.3 is 19.5 Å². The normalized spacial score (nSPS) is 20.8. The summed E-state index contributed by atoms with van der Waals surface area (Å²) >= 11 is 0. The van der Waals surface area contributed by atoms with Crippen molar-refractivity contribution in [1.82, 2.24) is 24.6 Å². The Morgan fingerprint density at radius 3 is 2.74 bits per heavy atom. The highest BCUT2D eigenvalue weighted by atomic mass is 19.4. The number of methoxy groups -OCH3 is 1. The van der Waals surface area contributed by atoms with E-state index in [1.165, 1.54) is 7.11 Å². The average Bonchev–Trinajstić information content (AvgIpc) is 3.24. The molecule has 2 atom stereocenters. The van der Waals surface area contributed by atoms with E-state index in [4.69, 9.17) is 14.2 Å². The van der Waals surface area contributed by atoms with Crippen molar-refractivity contribution in [1.29, 1.82) is 5.26 Å². The van der Waals surface area contributed by atoms with Crippen LogP contribution in [0.5, 0.6) is 11.8 Å². The van der Waals surface area contributed by atoms with Crippen molar-refractivity contribution < 1.29 is 27.4 Å². The number of rotatable bonds is 6. The van der Waals surface area contributed by atoms with Gasteiger partial charge in [-0.3, -0.25) is 0 Å². The minimum Gasteiger partial charge on any atom is -0.482 e. The van der Waals surface area contributed by atoms with Crippen molar-refractivity contribution in [2.24, 2.45) is 0 Å². The van der Waals surface area contributed by atoms with Gasteiger partial charge in [0.25, 0.3) is 0 Å². The summed E-state index contributed by atoms with van der Waals surface area (Å²) in [5.74, 6) is 0.742. The Labute approximate surface area is 198 Å². The molecule has 1 aliphatic heterocycles. The smallest absolute Gasteiger partial charge is 0.423 e. The maximum atomic E-state index is 13.4. The molecule has 13 heteroatoms. The lowest BCUT2D eigenvalue weighted by Gasteiger charge is -2.30. The number of ether oxygens (including phenoxy) is 3. The first kappa shape index (κ1) is 23.1. The number of aromatic nitrogens is 5. The van der Waals surface area contributed by atoms with Gasteiger partial charge >= 0.3 is 6.18 Å². The Bertz CT molecular complexity index is 1270. The molecule has 0 amide bonds. The second kappa shape index (κ2) is 9.18. The van der Waals surface area contributed by atoms with E-state index in [2.05, 4.69) is 31.6 Å². The molecule has 1 saturated heterocycles. The van der Waals surface area contributed by atoms with Gasteiger partial charge in [-0.1, -0.05) is 6.42 Å². The molecule has 1 N–H and O–H groups in total. The number of nitrogens with zero attached hydrogens (tertiary/aromatic N) is 6. The van der Waals surface area contributed by atoms with Crippen LogP contribution in [0.15, 0.2) is 18.3 Å². The largest absolute Gasteiger partial charge is 0.482 e. The number of nitriles is 1. The minimum absolute atomic E-state index is 0.00961. The highest BCUT2D eigenvalue weighted by Gasteiger charge is 2.38. The SMILES string of the molecule is COc1cc(C#N)cc2nnc([C@H]3CCC[C@@H](Nc4ncc(C(F)(F)F)c(OC5COC5)n4)C3)n12. The maximum absolute atomic E-state index is 13.4. The highest BCUT2D eigenvalue weighted by molar-refractivity contribution is 5.50. The molecule has 2 aliphatic rings. The van der Waals surface area contributed by atoms with Gasteiger partial charge in [0.2, 0.25) is 17.7 Å². The lowest BCUT2D eigenvalue weighted by atomic mass is 9.85. The number of pyridine rings is 1. The minimum atomic E-state index is -4.63. The van der Waals surface area contributed by atoms with Crippen LogP contribution in [0.3, 0.4) is 0 Å². The first-order valence-corrected chi connectivity index (χ1v) is 11.1. The molecule has 1 aliphatic carbocycles. The van der Waals surface area contributed by atoms with Crippen molar-refractivity contribution >= 4 is 11.6 Å². The zero-order valence-electron chi connectivity index (χ0n) is 18.7. The summed E-state index contributed by atoms with van der Waals surface area (Å²) in [6, 6.07) is 5.26. The van der Waals surface area contributed by atoms with E-state index >= 15 is 0 Å². The van der Waals surface area contributed by atoms with Crippen molar-refractivity contribution in [2.45, 2.75) is 49.9 Å². The average molecular weight is 489 g/mol. The van der Waals surface area contributed by atoms with Crippen molar-refractivity contribution in [2.75, 3.05) is 25.6 Å². The van der Waals surface area contributed by atoms with Gasteiger partial charge in [-0.05, 0) is 19.3 Å². The molecule has 3 aromatic heterocycles. The molecule has 2 fully saturated rings. The fourth-order valence-electron chi connectivity index (χ4n) is 4.38. The summed E-state index contributed by atoms with van der Waals surface area (Å²) in [7, 11) is 1.52. The second-order valence-electron chi connectivity index (χ2n) is 8.54. The summed E-state index contributed by atoms with van der Waals surface area (Å²) in [5.41, 5.74) is -0.0866. The van der Waals surface area contributed by atoms with Crippen molar-refractivity contribution in [3.8, 4) is 17.8 Å². The van der Waals surface area contributed by atoms with Crippen LogP contribution in [0.1, 0.15) is 48.6 Å². The maximum Gasteiger partial charge on any atom is 0.423 e. The van der Waals surface area contributed by atoms with E-state index in [1.807, 2.05) is 0 Å². The molecular formula is C22H22F3N7O3. The molecular weight excluding hydrogens is 467 g/mol. The van der Waals surface area contributed by atoms with Crippen LogP contribution in [0.4, 0.5) is 19.1 Å². The van der Waals surface area contributed by atoms with E-state index in [-0.39, 0.29) is 31.1 Å². The predicted molar refractivity (Wildman–Crippen MR) is 115 cm³/mol. The van der Waals surface area contributed by atoms with Gasteiger partial charge in [0.1, 0.15) is 17.5 Å². The molecule has 0 radical (unpaired) electrons. The van der Waals surface area contributed by atoms with Gasteiger partial charge in [-0.2, -0.15) is 23.4 Å². The summed E-state index contributed by atoms with van der Waals surface area (Å²) < 4.78 is 57.9. The highest BCUT2D eigenvalue weighted by Crippen LogP contribution is 2.37. The van der Waals surface area contributed by atoms with Crippen LogP contribution in [-0.4, -0.2) is 57.0 Å². The third kappa shape index (κ3) is 4.66. The molecule has 3 aromatic rings. The monoisotopic (exact) mass is 489 g/mol. The van der Waals surface area contributed by atoms with Crippen molar-refractivity contribution in [3.05, 3.63) is 35.3 Å². The van der Waals surface area contributed by atoms with Gasteiger partial charge in [0.05, 0.1) is 32.0 Å². The lowest BCUT2D eigenvalue weighted by molar-refractivity contribution is -0.142. The molecule has 10 nitrogen and oxygen atoms in total. The molecule has 0 aromatic carbocycles. The summed E-state index contributed by atoms with van der Waals surface area (Å²) in [6.07, 6.45) is -1.20. The molecule has 1 saturated carbocycles. The molecule has 184 valence electrons. The number of alkyl halides is 3. The number of halogens is 3. The Morgan fingerprint density at radius 2 is 2.06 bits per heavy atom. The van der Waals surface area contributed by atoms with Crippen LogP contribution in [0.25, 0.3) is 5.65 Å². The molecule has 0 spiro atoms. The first-order chi connectivity index (χ1) is 16.9. The topological polar surface area (TPSA) is 119 Å². The summed E-state index contributed by atoms with van der Waals surface area (Å²) in [4.78, 5) is 7.93. The van der Waals surface area contributed by atoms with Gasteiger partial charge in [0.15, 0.2) is 5.65 Å². The Balaban J connectivity index is 1.36. The van der Waals surface area contributed by atoms with E-state index in [9.17, 15) is 18.4 Å². The third-order valence-corrected chi connectivity index (χ3v) is 6.15. The fraction of sp³-hybridized carbons (Fsp3) is 0.500. The van der Waals surface area contributed by atoms with Crippen LogP contribution < -0.4 is 14.8 Å². The van der Waals surface area contributed by atoms with Crippen molar-refractivity contribution in [3.63, 3.8) is 0 Å². The summed E-state index contributed by atoms with van der Waals surface area (Å²) in [6.45, 7) is 0.444. The zero-order chi connectivity index (χ0) is 24.6. The molecule has 5 rings (SSSR count). The van der Waals surface area contributed by atoms with Gasteiger partial charge in [-0.25, -0.2) is 9.38 Å². The molecule has 35 heavy (non-hydrogen) atoms. The zero-order valence-corrected chi connectivity index (χ0v) is 18.7. The quantitative estimate of drug-likeness (QED) is 0.556. The van der Waals surface area contributed by atoms with Crippen LogP contribution in [0, 0.1) is 11.3 Å². The second-order valence-corrected chi connectivity index (χ2v) is 8.54. The van der Waals surface area contributed by atoms with Crippen LogP contribution in [-0.2, 0) is 10.9 Å². The van der Waals surface area contributed by atoms with E-state index in [1.54, 1.807) is 16.5 Å². The van der Waals surface area contributed by atoms with E-state index < -0.39 is 23.7 Å². The summed E-state index contributed by atoms with van der Waals surface area (Å²) in [5, 5.41) is 21.0. The van der Waals surface area contributed by atoms with Gasteiger partial charge in [0, 0.05) is 30.3 Å². The first-order valence-electron chi connectivity index (χ1n) is 11.1. The van der Waals surface area contributed by atoms with Gasteiger partial charge in [-0.15, -0.1) is 10.2 Å². The van der Waals surface area contributed by atoms with E-state index in [0.717, 1.165) is 25.5 Å². The standard InChI is InChI=1S/C22H22F3N7O3/c1-33-18-6-12(8-26)5-17-30-31-19(32(17)18)13-3-2-4-14(7-13)28-21-27-9-16(22(23,24)25)20(29-21)35-15-10-34-11-15/h5-6,9,13-15H,2-4,7,10-11H2,1H3,(H,27,28,29)/t13-,14+/m0/s1. The third-order valence-electron chi connectivity index (χ3n) is 6.15. The Kier molecular flexibility index (Phi) is 6.06. The molecule has 0 unspecified atom stereocenters. The lowest BCUT2D eigenvalue weighted by Crippen LogP contribution is -2.39. The number of fused-ring (bicyclic) bond motifs is 1.